The van der Waals surface area contributed by atoms with Gasteiger partial charge in [0, 0.05) is 18.3 Å². The Bertz CT molecular complexity index is 935. The van der Waals surface area contributed by atoms with E-state index in [2.05, 4.69) is 10.3 Å². The van der Waals surface area contributed by atoms with Gasteiger partial charge in [-0.3, -0.25) is 9.36 Å². The number of hydrogen-bond acceptors (Lipinski definition) is 2. The molecule has 1 aromatic heterocycles. The molecule has 0 aliphatic heterocycles. The molecule has 1 amide bonds. The van der Waals surface area contributed by atoms with Crippen LogP contribution in [0.4, 0.5) is 5.69 Å². The Morgan fingerprint density at radius 2 is 1.86 bits per heavy atom. The normalized spacial score (nSPS) is 10.9. The predicted octanol–water partition coefficient (Wildman–Crippen LogP) is 2.74. The second-order valence-corrected chi connectivity index (χ2v) is 5.47. The third-order valence-electron chi connectivity index (χ3n) is 3.93. The van der Waals surface area contributed by atoms with Gasteiger partial charge in [-0.05, 0) is 55.3 Å². The molecule has 5 nitrogen and oxygen atoms in total. The monoisotopic (exact) mass is 295 g/mol. The fourth-order valence-electron chi connectivity index (χ4n) is 2.40. The van der Waals surface area contributed by atoms with Gasteiger partial charge in [-0.2, -0.15) is 0 Å². The predicted molar refractivity (Wildman–Crippen MR) is 87.4 cm³/mol. The first-order valence-corrected chi connectivity index (χ1v) is 7.03. The van der Waals surface area contributed by atoms with E-state index >= 15 is 0 Å². The smallest absolute Gasteiger partial charge is 0.322 e. The molecule has 2 aromatic carbocycles. The molecule has 1 heterocycles. The van der Waals surface area contributed by atoms with Gasteiger partial charge in [-0.1, -0.05) is 6.07 Å². The maximum Gasteiger partial charge on any atom is 0.326 e. The van der Waals surface area contributed by atoms with Crippen molar-refractivity contribution in [2.75, 3.05) is 5.32 Å². The highest BCUT2D eigenvalue weighted by atomic mass is 16.2. The molecule has 0 aliphatic rings. The number of amides is 1. The lowest BCUT2D eigenvalue weighted by Crippen LogP contribution is -2.12. The average molecular weight is 295 g/mol. The molecule has 0 spiro atoms. The van der Waals surface area contributed by atoms with E-state index in [1.54, 1.807) is 25.2 Å². The van der Waals surface area contributed by atoms with Gasteiger partial charge in [0.15, 0.2) is 0 Å². The summed E-state index contributed by atoms with van der Waals surface area (Å²) < 4.78 is 1.53. The van der Waals surface area contributed by atoms with Gasteiger partial charge in [0.25, 0.3) is 5.91 Å². The van der Waals surface area contributed by atoms with E-state index in [0.29, 0.717) is 16.8 Å². The summed E-state index contributed by atoms with van der Waals surface area (Å²) in [5.41, 5.74) is 4.82. The third-order valence-corrected chi connectivity index (χ3v) is 3.93. The highest BCUT2D eigenvalue weighted by Crippen LogP contribution is 2.17. The summed E-state index contributed by atoms with van der Waals surface area (Å²) in [7, 11) is 1.70. The number of rotatable bonds is 2. The number of aromatic amines is 1. The van der Waals surface area contributed by atoms with Crippen molar-refractivity contribution in [3.8, 4) is 0 Å². The van der Waals surface area contributed by atoms with Crippen molar-refractivity contribution < 1.29 is 4.79 Å². The summed E-state index contributed by atoms with van der Waals surface area (Å²) in [6, 6.07) is 11.0. The van der Waals surface area contributed by atoms with E-state index in [4.69, 9.17) is 0 Å². The molecule has 2 N–H and O–H groups in total. The summed E-state index contributed by atoms with van der Waals surface area (Å²) in [5, 5.41) is 2.86. The van der Waals surface area contributed by atoms with E-state index in [-0.39, 0.29) is 11.6 Å². The van der Waals surface area contributed by atoms with Gasteiger partial charge in [0.05, 0.1) is 11.0 Å². The number of carbonyl (C=O) groups is 1. The summed E-state index contributed by atoms with van der Waals surface area (Å²) in [6.07, 6.45) is 0. The number of imidazole rings is 1. The number of fused-ring (bicyclic) bond motifs is 1. The molecule has 0 saturated heterocycles. The minimum atomic E-state index is -0.173. The Balaban J connectivity index is 1.90. The highest BCUT2D eigenvalue weighted by molar-refractivity contribution is 6.05. The Hall–Kier alpha value is -2.82. The molecule has 5 heteroatoms. The van der Waals surface area contributed by atoms with Crippen LogP contribution in [0.2, 0.25) is 0 Å². The van der Waals surface area contributed by atoms with Crippen LogP contribution in [0.5, 0.6) is 0 Å². The Labute approximate surface area is 127 Å². The van der Waals surface area contributed by atoms with Gasteiger partial charge in [0.1, 0.15) is 0 Å². The van der Waals surface area contributed by atoms with Crippen molar-refractivity contribution in [3.63, 3.8) is 0 Å². The van der Waals surface area contributed by atoms with Gasteiger partial charge in [0.2, 0.25) is 0 Å². The number of H-pyrrole nitrogens is 1. The van der Waals surface area contributed by atoms with Crippen LogP contribution in [-0.4, -0.2) is 15.5 Å². The molecule has 0 aliphatic carbocycles. The van der Waals surface area contributed by atoms with E-state index in [0.717, 1.165) is 16.6 Å². The SMILES string of the molecule is Cc1ccc(C(=O)Nc2ccc3c(c2)[nH]c(=O)n3C)cc1C. The second kappa shape index (κ2) is 5.18. The lowest BCUT2D eigenvalue weighted by Gasteiger charge is -2.07. The maximum atomic E-state index is 12.3. The lowest BCUT2D eigenvalue weighted by molar-refractivity contribution is 0.102. The van der Waals surface area contributed by atoms with Crippen molar-refractivity contribution >= 4 is 22.6 Å². The molecule has 0 bridgehead atoms. The first-order chi connectivity index (χ1) is 10.5. The summed E-state index contributed by atoms with van der Waals surface area (Å²) in [6.45, 7) is 3.99. The fraction of sp³-hybridized carbons (Fsp3) is 0.176. The van der Waals surface area contributed by atoms with E-state index in [9.17, 15) is 9.59 Å². The molecule has 0 unspecified atom stereocenters. The molecule has 112 valence electrons. The third kappa shape index (κ3) is 2.41. The maximum absolute atomic E-state index is 12.3. The molecule has 0 fully saturated rings. The molecule has 3 rings (SSSR count). The van der Waals surface area contributed by atoms with Gasteiger partial charge < -0.3 is 10.3 Å². The zero-order chi connectivity index (χ0) is 15.9. The number of aromatic nitrogens is 2. The Kier molecular flexibility index (Phi) is 3.33. The van der Waals surface area contributed by atoms with Crippen molar-refractivity contribution in [1.82, 2.24) is 9.55 Å². The van der Waals surface area contributed by atoms with Crippen LogP contribution < -0.4 is 11.0 Å². The summed E-state index contributed by atoms with van der Waals surface area (Å²) >= 11 is 0. The van der Waals surface area contributed by atoms with Crippen LogP contribution >= 0.6 is 0 Å². The molecule has 22 heavy (non-hydrogen) atoms. The molecule has 3 aromatic rings. The number of carbonyl (C=O) groups excluding carboxylic acids is 1. The largest absolute Gasteiger partial charge is 0.326 e. The number of aryl methyl sites for hydroxylation is 3. The van der Waals surface area contributed by atoms with Gasteiger partial charge in [-0.15, -0.1) is 0 Å². The first-order valence-electron chi connectivity index (χ1n) is 7.03. The topological polar surface area (TPSA) is 66.9 Å². The number of nitrogens with zero attached hydrogens (tertiary/aromatic N) is 1. The van der Waals surface area contributed by atoms with Crippen LogP contribution in [0.3, 0.4) is 0 Å². The minimum absolute atomic E-state index is 0.166. The van der Waals surface area contributed by atoms with Crippen LogP contribution in [-0.2, 0) is 7.05 Å². The average Bonchev–Trinajstić information content (AvgIpc) is 2.76. The zero-order valence-corrected chi connectivity index (χ0v) is 12.7. The first kappa shape index (κ1) is 14.1. The summed E-state index contributed by atoms with van der Waals surface area (Å²) in [4.78, 5) is 26.6. The van der Waals surface area contributed by atoms with Crippen molar-refractivity contribution in [2.45, 2.75) is 13.8 Å². The number of nitrogens with one attached hydrogen (secondary N) is 2. The van der Waals surface area contributed by atoms with E-state index in [1.165, 1.54) is 4.57 Å². The summed E-state index contributed by atoms with van der Waals surface area (Å²) in [5.74, 6) is -0.166. The Morgan fingerprint density at radius 1 is 1.09 bits per heavy atom. The molecule has 0 atom stereocenters. The fourth-order valence-corrected chi connectivity index (χ4v) is 2.40. The van der Waals surface area contributed by atoms with Gasteiger partial charge >= 0.3 is 5.69 Å². The second-order valence-electron chi connectivity index (χ2n) is 5.47. The van der Waals surface area contributed by atoms with Crippen molar-refractivity contribution in [3.05, 3.63) is 63.6 Å². The van der Waals surface area contributed by atoms with Crippen LogP contribution in [0, 0.1) is 13.8 Å². The lowest BCUT2D eigenvalue weighted by atomic mass is 10.1. The van der Waals surface area contributed by atoms with E-state index < -0.39 is 0 Å². The Morgan fingerprint density at radius 3 is 2.59 bits per heavy atom. The number of hydrogen-bond donors (Lipinski definition) is 2. The van der Waals surface area contributed by atoms with Crippen molar-refractivity contribution in [1.29, 1.82) is 0 Å². The minimum Gasteiger partial charge on any atom is -0.322 e. The van der Waals surface area contributed by atoms with E-state index in [1.807, 2.05) is 32.0 Å². The van der Waals surface area contributed by atoms with Crippen molar-refractivity contribution in [2.24, 2.45) is 7.05 Å². The highest BCUT2D eigenvalue weighted by Gasteiger charge is 2.09. The van der Waals surface area contributed by atoms with Crippen LogP contribution in [0.15, 0.2) is 41.2 Å². The standard InChI is InChI=1S/C17H17N3O2/c1-10-4-5-12(8-11(10)2)16(21)18-13-6-7-15-14(9-13)19-17(22)20(15)3/h4-9H,1-3H3,(H,18,21)(H,19,22). The molecule has 0 radical (unpaired) electrons. The van der Waals surface area contributed by atoms with Crippen LogP contribution in [0.1, 0.15) is 21.5 Å². The zero-order valence-electron chi connectivity index (χ0n) is 12.7. The number of anilines is 1. The molecular weight excluding hydrogens is 278 g/mol. The van der Waals surface area contributed by atoms with Gasteiger partial charge in [-0.25, -0.2) is 4.79 Å². The quantitative estimate of drug-likeness (QED) is 0.763. The van der Waals surface area contributed by atoms with Crippen LogP contribution in [0.25, 0.3) is 11.0 Å². The molecular formula is C17H17N3O2. The number of benzene rings is 2. The molecule has 0 saturated carbocycles.